The van der Waals surface area contributed by atoms with Gasteiger partial charge in [-0.2, -0.15) is 39.5 Å². The minimum Gasteiger partial charge on any atom is -0.457 e. The number of anilines is 1. The molecule has 14 heteroatoms. The number of ether oxygens (including phenoxy) is 1. The summed E-state index contributed by atoms with van der Waals surface area (Å²) in [7, 11) is 0. The number of hydrogen-bond donors (Lipinski definition) is 1. The van der Waals surface area contributed by atoms with E-state index >= 15 is 0 Å². The average Bonchev–Trinajstić information content (AvgIpc) is 2.79. The van der Waals surface area contributed by atoms with Gasteiger partial charge in [-0.15, -0.1) is 0 Å². The third-order valence-electron chi connectivity index (χ3n) is 5.17. The number of nitrogens with zero attached hydrogens (tertiary/aromatic N) is 1. The molecule has 1 unspecified atom stereocenters. The zero-order valence-corrected chi connectivity index (χ0v) is 19.5. The molecule has 3 nitrogen and oxygen atoms in total. The summed E-state index contributed by atoms with van der Waals surface area (Å²) < 4.78 is 137. The van der Waals surface area contributed by atoms with Crippen molar-refractivity contribution >= 4 is 17.3 Å². The molecule has 0 fully saturated rings. The number of halogens is 11. The van der Waals surface area contributed by atoms with E-state index in [0.717, 1.165) is 29.2 Å². The first-order valence-electron chi connectivity index (χ1n) is 10.4. The summed E-state index contributed by atoms with van der Waals surface area (Å²) >= 11 is 5.57. The van der Waals surface area contributed by atoms with E-state index in [1.165, 1.54) is 18.2 Å². The van der Waals surface area contributed by atoms with E-state index in [0.29, 0.717) is 12.1 Å². The number of rotatable bonds is 7. The van der Waals surface area contributed by atoms with Crippen molar-refractivity contribution in [2.45, 2.75) is 31.2 Å². The van der Waals surface area contributed by atoms with Crippen LogP contribution in [0.15, 0.2) is 60.7 Å². The van der Waals surface area contributed by atoms with Gasteiger partial charge < -0.3 is 14.7 Å². The third kappa shape index (κ3) is 7.44. The molecule has 0 heterocycles. The monoisotopic (exact) mass is 575 g/mol. The van der Waals surface area contributed by atoms with Gasteiger partial charge >= 0.3 is 18.5 Å². The van der Waals surface area contributed by atoms with Gasteiger partial charge in [-0.3, -0.25) is 0 Å². The zero-order chi connectivity index (χ0) is 28.5. The smallest absolute Gasteiger partial charge is 0.417 e. The molecular weight excluding hydrogens is 560 g/mol. The molecule has 0 radical (unpaired) electrons. The van der Waals surface area contributed by atoms with Crippen LogP contribution in [0, 0.1) is 5.82 Å². The summed E-state index contributed by atoms with van der Waals surface area (Å²) in [4.78, 5) is 0.833. The van der Waals surface area contributed by atoms with E-state index in [-0.39, 0.29) is 23.3 Å². The Kier molecular flexibility index (Phi) is 8.42. The van der Waals surface area contributed by atoms with Crippen molar-refractivity contribution in [1.82, 2.24) is 0 Å². The Balaban J connectivity index is 1.94. The predicted molar refractivity (Wildman–Crippen MR) is 117 cm³/mol. The third-order valence-corrected chi connectivity index (χ3v) is 5.50. The van der Waals surface area contributed by atoms with Crippen LogP contribution in [0.2, 0.25) is 5.02 Å². The Morgan fingerprint density at radius 2 is 1.47 bits per heavy atom. The maximum absolute atomic E-state index is 14.4. The van der Waals surface area contributed by atoms with E-state index in [9.17, 15) is 49.0 Å². The summed E-state index contributed by atoms with van der Waals surface area (Å²) in [5.74, 6) is -1.80. The van der Waals surface area contributed by atoms with Gasteiger partial charge in [0.15, 0.2) is 6.10 Å². The van der Waals surface area contributed by atoms with Crippen molar-refractivity contribution in [2.75, 3.05) is 11.4 Å². The molecule has 1 N–H and O–H groups in total. The van der Waals surface area contributed by atoms with Gasteiger partial charge in [0.25, 0.3) is 0 Å². The summed E-state index contributed by atoms with van der Waals surface area (Å²) in [6.07, 6.45) is -17.7. The van der Waals surface area contributed by atoms with Crippen LogP contribution in [0.4, 0.5) is 49.6 Å². The Labute approximate surface area is 213 Å². The van der Waals surface area contributed by atoms with Gasteiger partial charge in [-0.05, 0) is 42.5 Å². The van der Waals surface area contributed by atoms with Crippen molar-refractivity contribution in [2.24, 2.45) is 0 Å². The minimum atomic E-state index is -5.08. The first kappa shape index (κ1) is 29.4. The maximum atomic E-state index is 14.4. The Hall–Kier alpha value is -3.19. The zero-order valence-electron chi connectivity index (χ0n) is 18.7. The van der Waals surface area contributed by atoms with Crippen LogP contribution in [0.3, 0.4) is 0 Å². The lowest BCUT2D eigenvalue weighted by Gasteiger charge is -2.29. The van der Waals surface area contributed by atoms with Gasteiger partial charge in [0, 0.05) is 23.9 Å². The molecule has 0 spiro atoms. The molecule has 38 heavy (non-hydrogen) atoms. The van der Waals surface area contributed by atoms with E-state index in [4.69, 9.17) is 16.3 Å². The molecule has 1 atom stereocenters. The molecule has 3 rings (SSSR count). The highest BCUT2D eigenvalue weighted by molar-refractivity contribution is 6.31. The first-order chi connectivity index (χ1) is 17.4. The fourth-order valence-electron chi connectivity index (χ4n) is 3.30. The second kappa shape index (κ2) is 10.9. The van der Waals surface area contributed by atoms with Gasteiger partial charge in [0.1, 0.15) is 17.3 Å². The first-order valence-corrected chi connectivity index (χ1v) is 10.8. The molecule has 3 aromatic carbocycles. The molecule has 0 bridgehead atoms. The minimum absolute atomic E-state index is 0.102. The largest absolute Gasteiger partial charge is 0.457 e. The standard InChI is InChI=1S/C24H16ClF10NO2/c25-19-7-6-17(10-18(19)23(30,31)32)38-16-3-1-2-15(9-16)36(12-21(37)24(33,34)35)11-13-4-5-14(8-20(13)26)22(27,28)29/h1-10,21,37H,11-12H2. The number of benzene rings is 3. The normalized spacial score (nSPS) is 13.4. The second-order valence-corrected chi connectivity index (χ2v) is 8.39. The molecule has 3 aromatic rings. The van der Waals surface area contributed by atoms with Crippen LogP contribution in [-0.2, 0) is 18.9 Å². The number of alkyl halides is 9. The van der Waals surface area contributed by atoms with Crippen LogP contribution >= 0.6 is 11.6 Å². The summed E-state index contributed by atoms with van der Waals surface area (Å²) in [6.45, 7) is -1.84. The molecule has 0 saturated heterocycles. The lowest BCUT2D eigenvalue weighted by atomic mass is 10.1. The van der Waals surface area contributed by atoms with Crippen LogP contribution in [0.25, 0.3) is 0 Å². The van der Waals surface area contributed by atoms with Crippen molar-refractivity contribution in [1.29, 1.82) is 0 Å². The van der Waals surface area contributed by atoms with Gasteiger partial charge in [0.2, 0.25) is 0 Å². The fourth-order valence-corrected chi connectivity index (χ4v) is 3.52. The van der Waals surface area contributed by atoms with Gasteiger partial charge in [-0.1, -0.05) is 23.7 Å². The van der Waals surface area contributed by atoms with E-state index in [1.807, 2.05) is 0 Å². The SMILES string of the molecule is OC(CN(Cc1ccc(C(F)(F)F)cc1F)c1cccc(Oc2ccc(Cl)c(C(F)(F)F)c2)c1)C(F)(F)F. The Morgan fingerprint density at radius 3 is 2.05 bits per heavy atom. The van der Waals surface area contributed by atoms with E-state index < -0.39 is 65.3 Å². The Morgan fingerprint density at radius 1 is 0.816 bits per heavy atom. The highest BCUT2D eigenvalue weighted by atomic mass is 35.5. The predicted octanol–water partition coefficient (Wildman–Crippen LogP) is 8.24. The quantitative estimate of drug-likeness (QED) is 0.288. The molecular formula is C24H16ClF10NO2. The number of aliphatic hydroxyl groups is 1. The molecule has 0 aromatic heterocycles. The fraction of sp³-hybridized carbons (Fsp3) is 0.250. The van der Waals surface area contributed by atoms with Crippen molar-refractivity contribution in [3.05, 3.63) is 88.2 Å². The van der Waals surface area contributed by atoms with Gasteiger partial charge in [-0.25, -0.2) is 4.39 Å². The van der Waals surface area contributed by atoms with Crippen molar-refractivity contribution in [3.8, 4) is 11.5 Å². The highest BCUT2D eigenvalue weighted by Crippen LogP contribution is 2.38. The Bertz CT molecular complexity index is 1270. The second-order valence-electron chi connectivity index (χ2n) is 7.98. The van der Waals surface area contributed by atoms with E-state index in [2.05, 4.69) is 0 Å². The van der Waals surface area contributed by atoms with Crippen LogP contribution in [0.1, 0.15) is 16.7 Å². The van der Waals surface area contributed by atoms with Crippen LogP contribution < -0.4 is 9.64 Å². The molecule has 0 aliphatic carbocycles. The molecule has 0 saturated carbocycles. The molecule has 0 aliphatic heterocycles. The summed E-state index contributed by atoms with van der Waals surface area (Å²) in [6, 6.07) is 9.02. The lowest BCUT2D eigenvalue weighted by molar-refractivity contribution is -0.200. The summed E-state index contributed by atoms with van der Waals surface area (Å²) in [5.41, 5.74) is -3.01. The molecule has 0 amide bonds. The summed E-state index contributed by atoms with van der Waals surface area (Å²) in [5, 5.41) is 9.00. The van der Waals surface area contributed by atoms with Gasteiger partial charge in [0.05, 0.1) is 22.7 Å². The van der Waals surface area contributed by atoms with Crippen LogP contribution in [-0.4, -0.2) is 23.9 Å². The topological polar surface area (TPSA) is 32.7 Å². The number of hydrogen-bond acceptors (Lipinski definition) is 3. The van der Waals surface area contributed by atoms with Crippen molar-refractivity contribution in [3.63, 3.8) is 0 Å². The van der Waals surface area contributed by atoms with Crippen LogP contribution in [0.5, 0.6) is 11.5 Å². The number of aliphatic hydroxyl groups excluding tert-OH is 1. The molecule has 0 aliphatic rings. The average molecular weight is 576 g/mol. The maximum Gasteiger partial charge on any atom is 0.417 e. The van der Waals surface area contributed by atoms with Crippen molar-refractivity contribution < 1.29 is 53.7 Å². The molecule has 206 valence electrons. The van der Waals surface area contributed by atoms with E-state index in [1.54, 1.807) is 0 Å². The lowest BCUT2D eigenvalue weighted by Crippen LogP contribution is -2.41. The highest BCUT2D eigenvalue weighted by Gasteiger charge is 2.39.